The van der Waals surface area contributed by atoms with Crippen LogP contribution in [0.5, 0.6) is 0 Å². The Morgan fingerprint density at radius 1 is 1.40 bits per heavy atom. The van der Waals surface area contributed by atoms with Gasteiger partial charge in [0.2, 0.25) is 0 Å². The second kappa shape index (κ2) is 5.76. The van der Waals surface area contributed by atoms with Gasteiger partial charge in [-0.3, -0.25) is 9.69 Å². The van der Waals surface area contributed by atoms with Gasteiger partial charge in [-0.25, -0.2) is 0 Å². The molecule has 0 saturated heterocycles. The molecule has 0 aliphatic carbocycles. The molecule has 2 heterocycles. The lowest BCUT2D eigenvalue weighted by molar-refractivity contribution is -0.104. The Morgan fingerprint density at radius 2 is 2.20 bits per heavy atom. The average molecular weight is 306 g/mol. The Labute approximate surface area is 128 Å². The molecule has 1 aromatic rings. The van der Waals surface area contributed by atoms with Crippen molar-refractivity contribution in [2.75, 3.05) is 7.05 Å². The lowest BCUT2D eigenvalue weighted by Gasteiger charge is -2.24. The van der Waals surface area contributed by atoms with Gasteiger partial charge in [0, 0.05) is 11.4 Å². The highest BCUT2D eigenvalue weighted by Crippen LogP contribution is 2.45. The first kappa shape index (κ1) is 13.9. The quantitative estimate of drug-likeness (QED) is 0.763. The summed E-state index contributed by atoms with van der Waals surface area (Å²) in [7, 11) is 2.13. The molecule has 2 aliphatic rings. The Hall–Kier alpha value is -1.03. The summed E-state index contributed by atoms with van der Waals surface area (Å²) in [6.07, 6.45) is 4.65. The van der Waals surface area contributed by atoms with Gasteiger partial charge in [-0.2, -0.15) is 0 Å². The van der Waals surface area contributed by atoms with Crippen molar-refractivity contribution in [3.8, 4) is 0 Å². The fourth-order valence-electron chi connectivity index (χ4n) is 2.99. The third-order valence-corrected chi connectivity index (χ3v) is 5.29. The third-order valence-electron chi connectivity index (χ3n) is 3.88. The van der Waals surface area contributed by atoms with Crippen LogP contribution in [0.2, 0.25) is 0 Å². The van der Waals surface area contributed by atoms with Crippen LogP contribution in [0.4, 0.5) is 0 Å². The molecule has 0 radical (unpaired) electrons. The normalized spacial score (nSPS) is 23.3. The van der Waals surface area contributed by atoms with Gasteiger partial charge >= 0.3 is 0 Å². The number of fused-ring (bicyclic) bond motifs is 1. The SMILES string of the molecule is CN1Cc2ccccc2C1C1=C(Cl)SC(C=O)=CCC1. The number of hydrogen-bond donors (Lipinski definition) is 0. The van der Waals surface area contributed by atoms with Gasteiger partial charge in [0.25, 0.3) is 0 Å². The molecule has 0 aromatic heterocycles. The maximum Gasteiger partial charge on any atom is 0.156 e. The van der Waals surface area contributed by atoms with Crippen molar-refractivity contribution in [3.05, 3.63) is 56.3 Å². The van der Waals surface area contributed by atoms with Crippen molar-refractivity contribution < 1.29 is 4.79 Å². The zero-order valence-corrected chi connectivity index (χ0v) is 12.9. The molecular formula is C16H16ClNOS. The number of likely N-dealkylation sites (N-methyl/N-ethyl adjacent to an activating group) is 1. The van der Waals surface area contributed by atoms with E-state index in [2.05, 4.69) is 36.2 Å². The van der Waals surface area contributed by atoms with Gasteiger partial charge in [-0.15, -0.1) is 0 Å². The molecule has 0 fully saturated rings. The van der Waals surface area contributed by atoms with Crippen LogP contribution in [0.3, 0.4) is 0 Å². The first-order valence-corrected chi connectivity index (χ1v) is 7.90. The van der Waals surface area contributed by atoms with Crippen molar-refractivity contribution in [1.29, 1.82) is 0 Å². The van der Waals surface area contributed by atoms with Gasteiger partial charge in [0.15, 0.2) is 6.29 Å². The monoisotopic (exact) mass is 305 g/mol. The lowest BCUT2D eigenvalue weighted by atomic mass is 9.96. The van der Waals surface area contributed by atoms with Crippen LogP contribution in [0.25, 0.3) is 0 Å². The number of nitrogens with zero attached hydrogens (tertiary/aromatic N) is 1. The smallest absolute Gasteiger partial charge is 0.156 e. The highest BCUT2D eigenvalue weighted by molar-refractivity contribution is 8.08. The number of halogens is 1. The van der Waals surface area contributed by atoms with Gasteiger partial charge in [-0.05, 0) is 36.6 Å². The molecule has 2 aliphatic heterocycles. The second-order valence-electron chi connectivity index (χ2n) is 5.18. The molecule has 0 spiro atoms. The molecule has 4 heteroatoms. The molecule has 3 rings (SSSR count). The first-order chi connectivity index (χ1) is 9.70. The fourth-order valence-corrected chi connectivity index (χ4v) is 4.26. The standard InChI is InChI=1S/C16H16ClNOS/c1-18-9-11-5-2-3-7-13(11)15(18)14-8-4-6-12(10-19)20-16(14)17/h2-3,5-7,10,15H,4,8-9H2,1H3. The van der Waals surface area contributed by atoms with Crippen LogP contribution in [0, 0.1) is 0 Å². The van der Waals surface area contributed by atoms with E-state index in [1.165, 1.54) is 28.5 Å². The summed E-state index contributed by atoms with van der Waals surface area (Å²) < 4.78 is 0.759. The molecule has 0 N–H and O–H groups in total. The van der Waals surface area contributed by atoms with Crippen LogP contribution in [0.1, 0.15) is 30.0 Å². The predicted octanol–water partition coefficient (Wildman–Crippen LogP) is 4.23. The topological polar surface area (TPSA) is 20.3 Å². The Bertz CT molecular complexity index is 608. The van der Waals surface area contributed by atoms with E-state index in [9.17, 15) is 4.79 Å². The van der Waals surface area contributed by atoms with Crippen LogP contribution in [0.15, 0.2) is 45.2 Å². The van der Waals surface area contributed by atoms with E-state index in [1.807, 2.05) is 6.08 Å². The van der Waals surface area contributed by atoms with Crippen molar-refractivity contribution >= 4 is 29.6 Å². The number of hydrogen-bond acceptors (Lipinski definition) is 3. The molecule has 104 valence electrons. The highest BCUT2D eigenvalue weighted by Gasteiger charge is 2.32. The van der Waals surface area contributed by atoms with Crippen LogP contribution in [-0.2, 0) is 11.3 Å². The number of thioether (sulfide) groups is 1. The number of carbonyl (C=O) groups excluding carboxylic acids is 1. The minimum atomic E-state index is 0.241. The molecule has 1 atom stereocenters. The summed E-state index contributed by atoms with van der Waals surface area (Å²) >= 11 is 7.88. The fraction of sp³-hybridized carbons (Fsp3) is 0.312. The van der Waals surface area contributed by atoms with E-state index >= 15 is 0 Å². The predicted molar refractivity (Wildman–Crippen MR) is 84.5 cm³/mol. The maximum absolute atomic E-state index is 11.0. The van der Waals surface area contributed by atoms with Gasteiger partial charge < -0.3 is 0 Å². The lowest BCUT2D eigenvalue weighted by Crippen LogP contribution is -2.19. The van der Waals surface area contributed by atoms with Crippen LogP contribution < -0.4 is 0 Å². The van der Waals surface area contributed by atoms with Crippen molar-refractivity contribution in [2.45, 2.75) is 25.4 Å². The third kappa shape index (κ3) is 2.46. The number of aldehydes is 1. The summed E-state index contributed by atoms with van der Waals surface area (Å²) in [4.78, 5) is 14.0. The number of allylic oxidation sites excluding steroid dienone is 2. The summed E-state index contributed by atoms with van der Waals surface area (Å²) in [5.41, 5.74) is 3.95. The Balaban J connectivity index is 1.99. The second-order valence-corrected chi connectivity index (χ2v) is 6.87. The minimum absolute atomic E-state index is 0.241. The van der Waals surface area contributed by atoms with Crippen molar-refractivity contribution in [3.63, 3.8) is 0 Å². The van der Waals surface area contributed by atoms with Crippen molar-refractivity contribution in [2.24, 2.45) is 0 Å². The number of carbonyl (C=O) groups is 1. The van der Waals surface area contributed by atoms with E-state index in [0.717, 1.165) is 34.9 Å². The summed E-state index contributed by atoms with van der Waals surface area (Å²) in [6, 6.07) is 8.77. The van der Waals surface area contributed by atoms with Crippen LogP contribution >= 0.6 is 23.4 Å². The van der Waals surface area contributed by atoms with E-state index in [1.54, 1.807) is 0 Å². The first-order valence-electron chi connectivity index (χ1n) is 6.70. The molecule has 0 bridgehead atoms. The minimum Gasteiger partial charge on any atom is -0.297 e. The zero-order chi connectivity index (χ0) is 14.1. The number of rotatable bonds is 2. The summed E-state index contributed by atoms with van der Waals surface area (Å²) in [6.45, 7) is 0.952. The molecule has 1 unspecified atom stereocenters. The Kier molecular flexibility index (Phi) is 4.01. The Morgan fingerprint density at radius 3 is 3.00 bits per heavy atom. The van der Waals surface area contributed by atoms with Gasteiger partial charge in [0.1, 0.15) is 0 Å². The molecule has 0 saturated carbocycles. The van der Waals surface area contributed by atoms with E-state index in [4.69, 9.17) is 11.6 Å². The van der Waals surface area contributed by atoms with E-state index in [0.29, 0.717) is 0 Å². The summed E-state index contributed by atoms with van der Waals surface area (Å²) in [5, 5.41) is 0. The van der Waals surface area contributed by atoms with Gasteiger partial charge in [-0.1, -0.05) is 53.7 Å². The van der Waals surface area contributed by atoms with E-state index in [-0.39, 0.29) is 6.04 Å². The maximum atomic E-state index is 11.0. The largest absolute Gasteiger partial charge is 0.297 e. The van der Waals surface area contributed by atoms with Crippen molar-refractivity contribution in [1.82, 2.24) is 4.90 Å². The van der Waals surface area contributed by atoms with Gasteiger partial charge in [0.05, 0.1) is 10.4 Å². The van der Waals surface area contributed by atoms with Crippen LogP contribution in [-0.4, -0.2) is 18.2 Å². The number of benzene rings is 1. The molecule has 1 aromatic carbocycles. The molecular weight excluding hydrogens is 290 g/mol. The zero-order valence-electron chi connectivity index (χ0n) is 11.3. The van der Waals surface area contributed by atoms with E-state index < -0.39 is 0 Å². The summed E-state index contributed by atoms with van der Waals surface area (Å²) in [5.74, 6) is 0. The molecule has 0 amide bonds. The molecule has 2 nitrogen and oxygen atoms in total. The average Bonchev–Trinajstić information content (AvgIpc) is 2.66. The highest BCUT2D eigenvalue weighted by atomic mass is 35.5. The molecule has 20 heavy (non-hydrogen) atoms.